The predicted octanol–water partition coefficient (Wildman–Crippen LogP) is 3.29. The normalized spacial score (nSPS) is 11.6. The third kappa shape index (κ3) is 4.24. The minimum absolute atomic E-state index is 0.156. The molecule has 0 aliphatic heterocycles. The van der Waals surface area contributed by atoms with Crippen molar-refractivity contribution in [2.45, 2.75) is 13.0 Å². The van der Waals surface area contributed by atoms with Crippen LogP contribution in [0.3, 0.4) is 0 Å². The van der Waals surface area contributed by atoms with E-state index in [9.17, 15) is 14.4 Å². The van der Waals surface area contributed by atoms with Crippen LogP contribution in [0.2, 0.25) is 0 Å². The summed E-state index contributed by atoms with van der Waals surface area (Å²) in [6.07, 6.45) is 0.201. The number of thiophene rings is 1. The predicted molar refractivity (Wildman–Crippen MR) is 99.5 cm³/mol. The van der Waals surface area contributed by atoms with Crippen molar-refractivity contribution in [3.8, 4) is 0 Å². The average Bonchev–Trinajstić information content (AvgIpc) is 3.30. The Bertz CT molecular complexity index is 963. The number of hydrogen-bond acceptors (Lipinski definition) is 6. The minimum Gasteiger partial charge on any atom is -0.459 e. The molecule has 7 nitrogen and oxygen atoms in total. The van der Waals surface area contributed by atoms with Gasteiger partial charge in [0.15, 0.2) is 5.76 Å². The maximum atomic E-state index is 12.5. The van der Waals surface area contributed by atoms with Crippen molar-refractivity contribution < 1.29 is 23.5 Å². The molecular weight excluding hydrogens is 368 g/mol. The first-order chi connectivity index (χ1) is 13.0. The number of benzene rings is 1. The topological polar surface area (TPSA) is 112 Å². The molecule has 0 saturated carbocycles. The van der Waals surface area contributed by atoms with Crippen LogP contribution < -0.4 is 11.1 Å². The Labute approximate surface area is 158 Å². The van der Waals surface area contributed by atoms with E-state index >= 15 is 0 Å². The van der Waals surface area contributed by atoms with Gasteiger partial charge >= 0.3 is 5.97 Å². The fourth-order valence-electron chi connectivity index (χ4n) is 2.41. The van der Waals surface area contributed by atoms with E-state index in [1.54, 1.807) is 49.4 Å². The summed E-state index contributed by atoms with van der Waals surface area (Å²) in [5.41, 5.74) is 6.47. The summed E-state index contributed by atoms with van der Waals surface area (Å²) in [7, 11) is 0. The largest absolute Gasteiger partial charge is 0.459 e. The van der Waals surface area contributed by atoms with Gasteiger partial charge in [-0.15, -0.1) is 11.3 Å². The van der Waals surface area contributed by atoms with E-state index in [-0.39, 0.29) is 10.6 Å². The Kier molecular flexibility index (Phi) is 5.37. The third-order valence-corrected chi connectivity index (χ3v) is 4.80. The zero-order valence-electron chi connectivity index (χ0n) is 14.3. The van der Waals surface area contributed by atoms with Crippen LogP contribution in [0.15, 0.2) is 59.2 Å². The van der Waals surface area contributed by atoms with Gasteiger partial charge in [-0.05, 0) is 30.7 Å². The highest BCUT2D eigenvalue weighted by Crippen LogP contribution is 2.29. The summed E-state index contributed by atoms with van der Waals surface area (Å²) in [6.45, 7) is 1.71. The lowest BCUT2D eigenvalue weighted by atomic mass is 10.1. The third-order valence-electron chi connectivity index (χ3n) is 3.67. The van der Waals surface area contributed by atoms with Gasteiger partial charge in [-0.25, -0.2) is 4.79 Å². The maximum absolute atomic E-state index is 12.5. The molecule has 2 amide bonds. The molecular formula is C19H16N2O5S. The number of primary amides is 1. The average molecular weight is 384 g/mol. The second kappa shape index (κ2) is 7.88. The van der Waals surface area contributed by atoms with Gasteiger partial charge < -0.3 is 20.2 Å². The first-order valence-corrected chi connectivity index (χ1v) is 8.78. The second-order valence-corrected chi connectivity index (χ2v) is 6.70. The molecule has 3 N–H and O–H groups in total. The van der Waals surface area contributed by atoms with Gasteiger partial charge in [0.25, 0.3) is 11.8 Å². The number of rotatable bonds is 6. The van der Waals surface area contributed by atoms with E-state index in [0.29, 0.717) is 16.1 Å². The van der Waals surface area contributed by atoms with Crippen molar-refractivity contribution in [3.05, 3.63) is 76.6 Å². The van der Waals surface area contributed by atoms with Crippen molar-refractivity contribution in [2.75, 3.05) is 5.32 Å². The number of furan rings is 1. The van der Waals surface area contributed by atoms with Gasteiger partial charge in [-0.3, -0.25) is 9.59 Å². The first kappa shape index (κ1) is 18.4. The van der Waals surface area contributed by atoms with Crippen LogP contribution >= 0.6 is 11.3 Å². The molecule has 3 rings (SSSR count). The molecule has 0 bridgehead atoms. The van der Waals surface area contributed by atoms with Crippen LogP contribution in [0.4, 0.5) is 5.00 Å². The molecule has 0 radical (unpaired) electrons. The van der Waals surface area contributed by atoms with Gasteiger partial charge in [0.1, 0.15) is 4.88 Å². The van der Waals surface area contributed by atoms with Crippen LogP contribution in [0.1, 0.15) is 37.5 Å². The lowest BCUT2D eigenvalue weighted by Gasteiger charge is -2.14. The molecule has 8 heteroatoms. The fourth-order valence-corrected chi connectivity index (χ4v) is 3.36. The first-order valence-electron chi connectivity index (χ1n) is 7.96. The Balaban J connectivity index is 1.75. The van der Waals surface area contributed by atoms with Crippen molar-refractivity contribution >= 4 is 34.1 Å². The Hall–Kier alpha value is -3.39. The number of anilines is 1. The summed E-state index contributed by atoms with van der Waals surface area (Å²) in [5, 5.41) is 3.11. The van der Waals surface area contributed by atoms with Crippen molar-refractivity contribution in [2.24, 2.45) is 5.73 Å². The molecule has 138 valence electrons. The van der Waals surface area contributed by atoms with E-state index in [4.69, 9.17) is 14.9 Å². The van der Waals surface area contributed by atoms with E-state index in [0.717, 1.165) is 11.3 Å². The molecule has 1 atom stereocenters. The van der Waals surface area contributed by atoms with E-state index in [1.807, 2.05) is 0 Å². The lowest BCUT2D eigenvalue weighted by molar-refractivity contribution is -0.127. The molecule has 1 unspecified atom stereocenters. The molecule has 0 saturated heterocycles. The molecule has 2 heterocycles. The molecule has 0 spiro atoms. The number of hydrogen-bond donors (Lipinski definition) is 2. The highest BCUT2D eigenvalue weighted by atomic mass is 32.1. The van der Waals surface area contributed by atoms with Crippen LogP contribution in [-0.2, 0) is 9.53 Å². The van der Waals surface area contributed by atoms with Gasteiger partial charge in [0, 0.05) is 5.56 Å². The Morgan fingerprint density at radius 2 is 1.89 bits per heavy atom. The molecule has 0 aliphatic rings. The molecule has 1 aromatic carbocycles. The van der Waals surface area contributed by atoms with Crippen molar-refractivity contribution in [1.29, 1.82) is 0 Å². The molecule has 27 heavy (non-hydrogen) atoms. The maximum Gasteiger partial charge on any atom is 0.349 e. The van der Waals surface area contributed by atoms with E-state index in [2.05, 4.69) is 5.32 Å². The lowest BCUT2D eigenvalue weighted by Crippen LogP contribution is -2.26. The minimum atomic E-state index is -1.19. The van der Waals surface area contributed by atoms with E-state index in [1.165, 1.54) is 12.3 Å². The second-order valence-electron chi connectivity index (χ2n) is 5.65. The smallest absolute Gasteiger partial charge is 0.349 e. The number of esters is 1. The summed E-state index contributed by atoms with van der Waals surface area (Å²) >= 11 is 1.04. The number of carbonyl (C=O) groups excluding carboxylic acids is 3. The molecule has 2 aromatic heterocycles. The highest BCUT2D eigenvalue weighted by molar-refractivity contribution is 7.18. The number of carbonyl (C=O) groups is 3. The highest BCUT2D eigenvalue weighted by Gasteiger charge is 2.25. The SMILES string of the molecule is Cc1cc(NC(=O)c2ccco2)sc1C(=O)OC(C(N)=O)c1ccccc1. The van der Waals surface area contributed by atoms with Crippen LogP contribution in [0.5, 0.6) is 0 Å². The number of ether oxygens (including phenoxy) is 1. The summed E-state index contributed by atoms with van der Waals surface area (Å²) in [6, 6.07) is 13.3. The van der Waals surface area contributed by atoms with Gasteiger partial charge in [-0.2, -0.15) is 0 Å². The molecule has 0 fully saturated rings. The zero-order valence-corrected chi connectivity index (χ0v) is 15.1. The van der Waals surface area contributed by atoms with Gasteiger partial charge in [-0.1, -0.05) is 30.3 Å². The number of aryl methyl sites for hydroxylation is 1. The summed E-state index contributed by atoms with van der Waals surface area (Å²) in [4.78, 5) is 36.6. The van der Waals surface area contributed by atoms with Gasteiger partial charge in [0.05, 0.1) is 11.3 Å². The quantitative estimate of drug-likeness (QED) is 0.634. The Morgan fingerprint density at radius 3 is 2.52 bits per heavy atom. The summed E-state index contributed by atoms with van der Waals surface area (Å²) in [5.74, 6) is -1.73. The van der Waals surface area contributed by atoms with Crippen LogP contribution in [-0.4, -0.2) is 17.8 Å². The Morgan fingerprint density at radius 1 is 1.15 bits per heavy atom. The van der Waals surface area contributed by atoms with Crippen molar-refractivity contribution in [1.82, 2.24) is 0 Å². The van der Waals surface area contributed by atoms with Gasteiger partial charge in [0.2, 0.25) is 6.10 Å². The zero-order chi connectivity index (χ0) is 19.4. The summed E-state index contributed by atoms with van der Waals surface area (Å²) < 4.78 is 10.4. The fraction of sp³-hybridized carbons (Fsp3) is 0.105. The molecule has 3 aromatic rings. The van der Waals surface area contributed by atoms with Crippen LogP contribution in [0, 0.1) is 6.92 Å². The van der Waals surface area contributed by atoms with Crippen LogP contribution in [0.25, 0.3) is 0 Å². The molecule has 0 aliphatic carbocycles. The monoisotopic (exact) mass is 384 g/mol. The van der Waals surface area contributed by atoms with E-state index < -0.39 is 23.9 Å². The number of nitrogens with one attached hydrogen (secondary N) is 1. The number of amides is 2. The standard InChI is InChI=1S/C19H16N2O5S/c1-11-10-14(21-18(23)13-8-5-9-25-13)27-16(11)19(24)26-15(17(20)22)12-6-3-2-4-7-12/h2-10,15H,1H3,(H2,20,22)(H,21,23). The van der Waals surface area contributed by atoms with Crippen molar-refractivity contribution in [3.63, 3.8) is 0 Å². The number of nitrogens with two attached hydrogens (primary N) is 1.